The van der Waals surface area contributed by atoms with Crippen LogP contribution < -0.4 is 0 Å². The molecule has 0 bridgehead atoms. The number of hydrogen-bond donors (Lipinski definition) is 0. The maximum Gasteiger partial charge on any atom is 0.0215 e. The lowest BCUT2D eigenvalue weighted by atomic mass is 9.97. The van der Waals surface area contributed by atoms with Gasteiger partial charge in [-0.25, -0.2) is 0 Å². The standard InChI is InChI=1S/C16H20S2/c1-11-5-7-15(13(3)9-11)17-18-16-8-6-12(2)10-14(16)4/h5-9,12H,10H2,1-4H3. The van der Waals surface area contributed by atoms with Gasteiger partial charge in [-0.1, -0.05) is 63.9 Å². The molecule has 1 atom stereocenters. The van der Waals surface area contributed by atoms with E-state index >= 15 is 0 Å². The van der Waals surface area contributed by atoms with Crippen LogP contribution in [-0.4, -0.2) is 0 Å². The van der Waals surface area contributed by atoms with E-state index < -0.39 is 0 Å². The van der Waals surface area contributed by atoms with Crippen molar-refractivity contribution < 1.29 is 0 Å². The van der Waals surface area contributed by atoms with Gasteiger partial charge in [0.25, 0.3) is 0 Å². The Morgan fingerprint density at radius 1 is 1.11 bits per heavy atom. The molecule has 0 aliphatic heterocycles. The molecule has 0 N–H and O–H groups in total. The second kappa shape index (κ2) is 6.03. The molecule has 0 heterocycles. The van der Waals surface area contributed by atoms with Crippen molar-refractivity contribution in [3.05, 3.63) is 52.0 Å². The zero-order valence-electron chi connectivity index (χ0n) is 11.5. The summed E-state index contributed by atoms with van der Waals surface area (Å²) in [4.78, 5) is 2.80. The van der Waals surface area contributed by atoms with Gasteiger partial charge in [-0.05, 0) is 44.7 Å². The van der Waals surface area contributed by atoms with Crippen molar-refractivity contribution in [2.75, 3.05) is 0 Å². The maximum atomic E-state index is 2.32. The Bertz CT molecular complexity index is 498. The fraction of sp³-hybridized carbons (Fsp3) is 0.375. The topological polar surface area (TPSA) is 0 Å². The lowest BCUT2D eigenvalue weighted by Gasteiger charge is -2.16. The molecule has 0 amide bonds. The van der Waals surface area contributed by atoms with Crippen molar-refractivity contribution in [1.29, 1.82) is 0 Å². The summed E-state index contributed by atoms with van der Waals surface area (Å²) in [6.45, 7) is 8.87. The molecule has 18 heavy (non-hydrogen) atoms. The molecule has 0 aromatic heterocycles. The van der Waals surface area contributed by atoms with Gasteiger partial charge in [0.1, 0.15) is 0 Å². The van der Waals surface area contributed by atoms with Crippen LogP contribution in [0.5, 0.6) is 0 Å². The van der Waals surface area contributed by atoms with Crippen LogP contribution in [0.25, 0.3) is 0 Å². The Hall–Kier alpha value is -0.600. The molecule has 2 heteroatoms. The SMILES string of the molecule is CC1=C(SSc2ccc(C)cc2C)C=CC(C)C1. The highest BCUT2D eigenvalue weighted by Gasteiger charge is 2.11. The van der Waals surface area contributed by atoms with Crippen LogP contribution in [0.4, 0.5) is 0 Å². The fourth-order valence-corrected chi connectivity index (χ4v) is 4.67. The average Bonchev–Trinajstić information content (AvgIpc) is 2.30. The van der Waals surface area contributed by atoms with Crippen molar-refractivity contribution in [2.24, 2.45) is 5.92 Å². The smallest absolute Gasteiger partial charge is 0.0215 e. The molecule has 1 unspecified atom stereocenters. The number of aryl methyl sites for hydroxylation is 2. The molecule has 96 valence electrons. The van der Waals surface area contributed by atoms with E-state index in [0.29, 0.717) is 5.92 Å². The van der Waals surface area contributed by atoms with Crippen molar-refractivity contribution in [2.45, 2.75) is 39.0 Å². The highest BCUT2D eigenvalue weighted by molar-refractivity contribution is 8.78. The molecule has 0 spiro atoms. The summed E-state index contributed by atoms with van der Waals surface area (Å²) < 4.78 is 0. The van der Waals surface area contributed by atoms with Gasteiger partial charge in [0.05, 0.1) is 0 Å². The van der Waals surface area contributed by atoms with Gasteiger partial charge in [0.2, 0.25) is 0 Å². The van der Waals surface area contributed by atoms with Crippen LogP contribution in [0.1, 0.15) is 31.4 Å². The average molecular weight is 276 g/mol. The van der Waals surface area contributed by atoms with Gasteiger partial charge in [-0.15, -0.1) is 0 Å². The quantitative estimate of drug-likeness (QED) is 0.629. The molecule has 0 nitrogen and oxygen atoms in total. The van der Waals surface area contributed by atoms with Gasteiger partial charge in [-0.2, -0.15) is 0 Å². The summed E-state index contributed by atoms with van der Waals surface area (Å²) in [5, 5.41) is 0. The van der Waals surface area contributed by atoms with E-state index in [1.165, 1.54) is 32.9 Å². The Kier molecular flexibility index (Phi) is 4.63. The highest BCUT2D eigenvalue weighted by Crippen LogP contribution is 2.42. The Morgan fingerprint density at radius 3 is 2.56 bits per heavy atom. The van der Waals surface area contributed by atoms with Crippen LogP contribution in [0.3, 0.4) is 0 Å². The molecule has 0 saturated heterocycles. The van der Waals surface area contributed by atoms with Crippen LogP contribution >= 0.6 is 21.6 Å². The lowest BCUT2D eigenvalue weighted by Crippen LogP contribution is -1.97. The Morgan fingerprint density at radius 2 is 1.89 bits per heavy atom. The van der Waals surface area contributed by atoms with Crippen LogP contribution in [0, 0.1) is 19.8 Å². The van der Waals surface area contributed by atoms with E-state index in [4.69, 9.17) is 0 Å². The highest BCUT2D eigenvalue weighted by atomic mass is 33.1. The van der Waals surface area contributed by atoms with Crippen LogP contribution in [0.2, 0.25) is 0 Å². The molecule has 0 saturated carbocycles. The minimum Gasteiger partial charge on any atom is -0.0802 e. The van der Waals surface area contributed by atoms with E-state index in [0.717, 1.165) is 0 Å². The minimum absolute atomic E-state index is 0.695. The van der Waals surface area contributed by atoms with E-state index in [9.17, 15) is 0 Å². The number of benzene rings is 1. The van der Waals surface area contributed by atoms with E-state index in [2.05, 4.69) is 58.0 Å². The van der Waals surface area contributed by atoms with Crippen LogP contribution in [-0.2, 0) is 0 Å². The molecule has 0 radical (unpaired) electrons. The molecule has 1 aliphatic carbocycles. The largest absolute Gasteiger partial charge is 0.0802 e. The molecule has 1 aliphatic rings. The summed E-state index contributed by atoms with van der Waals surface area (Å²) in [5.41, 5.74) is 4.23. The van der Waals surface area contributed by atoms with Gasteiger partial charge in [0, 0.05) is 9.80 Å². The van der Waals surface area contributed by atoms with E-state index in [-0.39, 0.29) is 0 Å². The summed E-state index contributed by atoms with van der Waals surface area (Å²) >= 11 is 0. The third-order valence-corrected chi connectivity index (χ3v) is 5.89. The van der Waals surface area contributed by atoms with Gasteiger partial charge in [-0.3, -0.25) is 0 Å². The number of allylic oxidation sites excluding steroid dienone is 3. The first-order chi connectivity index (χ1) is 8.56. The third-order valence-electron chi connectivity index (χ3n) is 3.18. The monoisotopic (exact) mass is 276 g/mol. The second-order valence-electron chi connectivity index (χ2n) is 5.12. The number of hydrogen-bond acceptors (Lipinski definition) is 2. The van der Waals surface area contributed by atoms with E-state index in [1.807, 2.05) is 21.6 Å². The first-order valence-corrected chi connectivity index (χ1v) is 8.51. The van der Waals surface area contributed by atoms with Crippen molar-refractivity contribution in [3.8, 4) is 0 Å². The number of rotatable bonds is 3. The van der Waals surface area contributed by atoms with Crippen LogP contribution in [0.15, 0.2) is 45.7 Å². The summed E-state index contributed by atoms with van der Waals surface area (Å²) in [5.74, 6) is 0.695. The molecule has 1 aromatic rings. The zero-order chi connectivity index (χ0) is 13.1. The summed E-state index contributed by atoms with van der Waals surface area (Å²) in [7, 11) is 3.76. The fourth-order valence-electron chi connectivity index (χ4n) is 2.13. The Balaban J connectivity index is 2.04. The molecule has 2 rings (SSSR count). The maximum absolute atomic E-state index is 2.32. The molecular formula is C16H20S2. The third kappa shape index (κ3) is 3.46. The van der Waals surface area contributed by atoms with Gasteiger partial charge < -0.3 is 0 Å². The molecule has 0 fully saturated rings. The predicted octanol–water partition coefficient (Wildman–Crippen LogP) is 5.91. The van der Waals surface area contributed by atoms with Crippen molar-refractivity contribution >= 4 is 21.6 Å². The van der Waals surface area contributed by atoms with Gasteiger partial charge in [0.15, 0.2) is 0 Å². The summed E-state index contributed by atoms with van der Waals surface area (Å²) in [6.07, 6.45) is 5.80. The van der Waals surface area contributed by atoms with Crippen molar-refractivity contribution in [3.63, 3.8) is 0 Å². The first kappa shape index (κ1) is 13.8. The predicted molar refractivity (Wildman–Crippen MR) is 85.0 cm³/mol. The van der Waals surface area contributed by atoms with Gasteiger partial charge >= 0.3 is 0 Å². The first-order valence-electron chi connectivity index (χ1n) is 6.36. The summed E-state index contributed by atoms with van der Waals surface area (Å²) in [6, 6.07) is 6.67. The zero-order valence-corrected chi connectivity index (χ0v) is 13.1. The molecular weight excluding hydrogens is 256 g/mol. The second-order valence-corrected chi connectivity index (χ2v) is 7.33. The Labute approximate surface area is 118 Å². The lowest BCUT2D eigenvalue weighted by molar-refractivity contribution is 0.706. The van der Waals surface area contributed by atoms with Crippen molar-refractivity contribution in [1.82, 2.24) is 0 Å². The normalized spacial score (nSPS) is 19.4. The minimum atomic E-state index is 0.695. The van der Waals surface area contributed by atoms with E-state index in [1.54, 1.807) is 0 Å². The molecule has 1 aromatic carbocycles.